The lowest BCUT2D eigenvalue weighted by Gasteiger charge is -2.13. The van der Waals surface area contributed by atoms with Crippen LogP contribution in [0.4, 0.5) is 13.2 Å². The van der Waals surface area contributed by atoms with Gasteiger partial charge in [-0.2, -0.15) is 13.2 Å². The predicted molar refractivity (Wildman–Crippen MR) is 86.5 cm³/mol. The molecule has 2 N–H and O–H groups in total. The van der Waals surface area contributed by atoms with E-state index in [-0.39, 0.29) is 25.4 Å². The molecule has 0 aliphatic rings. The van der Waals surface area contributed by atoms with Crippen LogP contribution in [0.2, 0.25) is 0 Å². The average molecular weight is 360 g/mol. The van der Waals surface area contributed by atoms with Gasteiger partial charge in [-0.1, -0.05) is 42.5 Å². The highest BCUT2D eigenvalue weighted by Crippen LogP contribution is 2.30. The predicted octanol–water partition coefficient (Wildman–Crippen LogP) is 4.26. The molecule has 0 aliphatic carbocycles. The zero-order valence-electron chi connectivity index (χ0n) is 12.6. The number of esters is 1. The molecule has 0 radical (unpaired) electrons. The Hall–Kier alpha value is -2.05. The molecule has 0 fully saturated rings. The monoisotopic (exact) mass is 359 g/mol. The summed E-state index contributed by atoms with van der Waals surface area (Å²) in [5.74, 6) is -0.499. The van der Waals surface area contributed by atoms with Crippen LogP contribution in [0, 0.1) is 0 Å². The summed E-state index contributed by atoms with van der Waals surface area (Å²) in [6.45, 7) is 0.138. The van der Waals surface area contributed by atoms with Gasteiger partial charge in [0.2, 0.25) is 0 Å². The highest BCUT2D eigenvalue weighted by Gasteiger charge is 2.30. The lowest BCUT2D eigenvalue weighted by molar-refractivity contribution is -0.145. The number of carbonyl (C=O) groups excluding carboxylic acids is 1. The molecule has 2 aromatic carbocycles. The molecule has 2 aromatic rings. The number of rotatable bonds is 5. The molecule has 0 saturated heterocycles. The molecule has 3 nitrogen and oxygen atoms in total. The Morgan fingerprint density at radius 3 is 2.17 bits per heavy atom. The molecule has 0 heterocycles. The molecular weight excluding hydrogens is 343 g/mol. The first-order valence-corrected chi connectivity index (χ1v) is 6.98. The highest BCUT2D eigenvalue weighted by atomic mass is 35.5. The van der Waals surface area contributed by atoms with E-state index in [1.165, 1.54) is 12.1 Å². The quantitative estimate of drug-likeness (QED) is 0.811. The van der Waals surface area contributed by atoms with Crippen LogP contribution < -0.4 is 5.73 Å². The maximum Gasteiger partial charge on any atom is 0.416 e. The largest absolute Gasteiger partial charge is 0.461 e. The van der Waals surface area contributed by atoms with Gasteiger partial charge in [0.15, 0.2) is 0 Å². The Balaban J connectivity index is 0.00000288. The number of hydrogen-bond donors (Lipinski definition) is 1. The van der Waals surface area contributed by atoms with Gasteiger partial charge >= 0.3 is 12.1 Å². The Kier molecular flexibility index (Phi) is 7.25. The molecule has 0 aliphatic heterocycles. The van der Waals surface area contributed by atoms with E-state index in [4.69, 9.17) is 10.5 Å². The average Bonchev–Trinajstić information content (AvgIpc) is 2.53. The van der Waals surface area contributed by atoms with Gasteiger partial charge in [0.05, 0.1) is 12.0 Å². The fraction of sp³-hybridized carbons (Fsp3) is 0.235. The van der Waals surface area contributed by atoms with Gasteiger partial charge in [-0.05, 0) is 23.3 Å². The van der Waals surface area contributed by atoms with Crippen molar-refractivity contribution in [1.29, 1.82) is 0 Å². The van der Waals surface area contributed by atoms with Crippen molar-refractivity contribution < 1.29 is 22.7 Å². The molecule has 24 heavy (non-hydrogen) atoms. The van der Waals surface area contributed by atoms with E-state index in [0.29, 0.717) is 5.56 Å². The van der Waals surface area contributed by atoms with Crippen molar-refractivity contribution in [3.63, 3.8) is 0 Å². The number of ether oxygens (including phenoxy) is 1. The van der Waals surface area contributed by atoms with Crippen LogP contribution in [0.25, 0.3) is 0 Å². The van der Waals surface area contributed by atoms with Gasteiger partial charge in [-0.25, -0.2) is 0 Å². The minimum atomic E-state index is -4.39. The molecule has 1 unspecified atom stereocenters. The van der Waals surface area contributed by atoms with Crippen LogP contribution in [-0.4, -0.2) is 5.97 Å². The summed E-state index contributed by atoms with van der Waals surface area (Å²) in [7, 11) is 0. The van der Waals surface area contributed by atoms with Gasteiger partial charge in [0.25, 0.3) is 0 Å². The van der Waals surface area contributed by atoms with Crippen LogP contribution in [-0.2, 0) is 22.3 Å². The molecular formula is C17H17ClF3NO2. The summed E-state index contributed by atoms with van der Waals surface area (Å²) in [4.78, 5) is 11.7. The van der Waals surface area contributed by atoms with Crippen molar-refractivity contribution in [3.05, 3.63) is 71.3 Å². The van der Waals surface area contributed by atoms with Gasteiger partial charge < -0.3 is 10.5 Å². The summed E-state index contributed by atoms with van der Waals surface area (Å²) in [6, 6.07) is 12.9. The maximum atomic E-state index is 12.5. The van der Waals surface area contributed by atoms with Gasteiger partial charge in [0, 0.05) is 6.04 Å². The van der Waals surface area contributed by atoms with Crippen LogP contribution in [0.5, 0.6) is 0 Å². The number of halogens is 4. The second kappa shape index (κ2) is 8.70. The topological polar surface area (TPSA) is 52.3 Å². The van der Waals surface area contributed by atoms with E-state index in [1.807, 2.05) is 30.3 Å². The number of alkyl halides is 3. The summed E-state index contributed by atoms with van der Waals surface area (Å²) in [6.07, 6.45) is -4.49. The van der Waals surface area contributed by atoms with Crippen molar-refractivity contribution >= 4 is 18.4 Å². The third kappa shape index (κ3) is 5.86. The van der Waals surface area contributed by atoms with Crippen LogP contribution in [0.1, 0.15) is 29.2 Å². The molecule has 0 saturated carbocycles. The maximum absolute atomic E-state index is 12.5. The third-order valence-electron chi connectivity index (χ3n) is 3.30. The first-order valence-electron chi connectivity index (χ1n) is 6.98. The highest BCUT2D eigenvalue weighted by molar-refractivity contribution is 5.85. The first-order chi connectivity index (χ1) is 10.9. The van der Waals surface area contributed by atoms with Gasteiger partial charge in [-0.3, -0.25) is 4.79 Å². The van der Waals surface area contributed by atoms with Crippen molar-refractivity contribution in [2.45, 2.75) is 25.2 Å². The van der Waals surface area contributed by atoms with E-state index in [2.05, 4.69) is 0 Å². The first kappa shape index (κ1) is 20.0. The van der Waals surface area contributed by atoms with E-state index in [0.717, 1.165) is 17.7 Å². The van der Waals surface area contributed by atoms with Gasteiger partial charge in [-0.15, -0.1) is 12.4 Å². The molecule has 7 heteroatoms. The molecule has 0 spiro atoms. The van der Waals surface area contributed by atoms with Gasteiger partial charge in [0.1, 0.15) is 6.61 Å². The second-order valence-corrected chi connectivity index (χ2v) is 5.08. The molecule has 0 amide bonds. The number of nitrogens with two attached hydrogens (primary N) is 1. The third-order valence-corrected chi connectivity index (χ3v) is 3.30. The fourth-order valence-corrected chi connectivity index (χ4v) is 2.01. The Morgan fingerprint density at radius 1 is 1.04 bits per heavy atom. The van der Waals surface area contributed by atoms with Crippen molar-refractivity contribution in [1.82, 2.24) is 0 Å². The summed E-state index contributed by atoms with van der Waals surface area (Å²) >= 11 is 0. The lowest BCUT2D eigenvalue weighted by Crippen LogP contribution is -2.17. The van der Waals surface area contributed by atoms with E-state index in [1.54, 1.807) is 0 Å². The molecule has 0 bridgehead atoms. The molecule has 0 aromatic heterocycles. The normalized spacial score (nSPS) is 12.2. The standard InChI is InChI=1S/C17H16F3NO2.ClH/c18-17(19,20)14-8-6-13(7-9-14)15(21)10-16(22)23-11-12-4-2-1-3-5-12;/h1-9,15H,10-11,21H2;1H. The Bertz CT molecular complexity index is 645. The van der Waals surface area contributed by atoms with Crippen LogP contribution in [0.15, 0.2) is 54.6 Å². The number of hydrogen-bond acceptors (Lipinski definition) is 3. The van der Waals surface area contributed by atoms with E-state index < -0.39 is 23.8 Å². The smallest absolute Gasteiger partial charge is 0.416 e. The zero-order chi connectivity index (χ0) is 16.9. The number of carbonyl (C=O) groups is 1. The molecule has 130 valence electrons. The second-order valence-electron chi connectivity index (χ2n) is 5.08. The van der Waals surface area contributed by atoms with Crippen LogP contribution >= 0.6 is 12.4 Å². The fourth-order valence-electron chi connectivity index (χ4n) is 2.01. The lowest BCUT2D eigenvalue weighted by atomic mass is 10.0. The summed E-state index contributed by atoms with van der Waals surface area (Å²) < 4.78 is 42.6. The minimum Gasteiger partial charge on any atom is -0.461 e. The minimum absolute atomic E-state index is 0. The molecule has 2 rings (SSSR count). The molecule has 1 atom stereocenters. The Labute approximate surface area is 144 Å². The van der Waals surface area contributed by atoms with E-state index in [9.17, 15) is 18.0 Å². The SMILES string of the molecule is Cl.NC(CC(=O)OCc1ccccc1)c1ccc(C(F)(F)F)cc1. The van der Waals surface area contributed by atoms with Crippen molar-refractivity contribution in [2.75, 3.05) is 0 Å². The number of benzene rings is 2. The van der Waals surface area contributed by atoms with Crippen molar-refractivity contribution in [2.24, 2.45) is 5.73 Å². The van der Waals surface area contributed by atoms with Crippen molar-refractivity contribution in [3.8, 4) is 0 Å². The Morgan fingerprint density at radius 2 is 1.62 bits per heavy atom. The summed E-state index contributed by atoms with van der Waals surface area (Å²) in [5.41, 5.74) is 6.40. The zero-order valence-corrected chi connectivity index (χ0v) is 13.4. The van der Waals surface area contributed by atoms with Crippen LogP contribution in [0.3, 0.4) is 0 Å². The van der Waals surface area contributed by atoms with E-state index >= 15 is 0 Å². The summed E-state index contributed by atoms with van der Waals surface area (Å²) in [5, 5.41) is 0.